The number of hydrogen-bond acceptors (Lipinski definition) is 4. The van der Waals surface area contributed by atoms with E-state index in [0.29, 0.717) is 30.8 Å². The minimum atomic E-state index is -0.798. The van der Waals surface area contributed by atoms with Gasteiger partial charge in [0.15, 0.2) is 6.61 Å². The lowest BCUT2D eigenvalue weighted by molar-refractivity contribution is -0.148. The predicted molar refractivity (Wildman–Crippen MR) is 78.1 cm³/mol. The van der Waals surface area contributed by atoms with E-state index in [9.17, 15) is 9.59 Å². The van der Waals surface area contributed by atoms with Gasteiger partial charge < -0.3 is 14.7 Å². The normalized spacial score (nSPS) is 21.0. The topological polar surface area (TPSA) is 90.6 Å². The van der Waals surface area contributed by atoms with Gasteiger partial charge in [0.1, 0.15) is 5.75 Å². The van der Waals surface area contributed by atoms with Crippen LogP contribution < -0.4 is 4.74 Å². The van der Waals surface area contributed by atoms with Gasteiger partial charge in [-0.05, 0) is 36.6 Å². The standard InChI is InChI=1S/C16H18N2O4/c1-11-9-18(7-6-14(11)16(20)21)15(19)10-22-13-4-2-12(8-17)3-5-13/h2-5,11,14H,6-7,9-10H2,1H3,(H,20,21). The number of carbonyl (C=O) groups is 2. The maximum Gasteiger partial charge on any atom is 0.306 e. The molecule has 116 valence electrons. The Kier molecular flexibility index (Phi) is 4.99. The van der Waals surface area contributed by atoms with Crippen molar-refractivity contribution in [2.24, 2.45) is 11.8 Å². The molecule has 1 aliphatic heterocycles. The van der Waals surface area contributed by atoms with Crippen molar-refractivity contribution in [1.29, 1.82) is 5.26 Å². The van der Waals surface area contributed by atoms with Gasteiger partial charge in [-0.1, -0.05) is 6.92 Å². The van der Waals surface area contributed by atoms with Gasteiger partial charge in [-0.2, -0.15) is 5.26 Å². The van der Waals surface area contributed by atoms with E-state index in [1.165, 1.54) is 0 Å². The van der Waals surface area contributed by atoms with E-state index in [4.69, 9.17) is 15.1 Å². The fourth-order valence-electron chi connectivity index (χ4n) is 2.60. The molecule has 0 aliphatic carbocycles. The summed E-state index contributed by atoms with van der Waals surface area (Å²) in [5.74, 6) is -0.872. The molecule has 0 aromatic heterocycles. The zero-order chi connectivity index (χ0) is 16.1. The van der Waals surface area contributed by atoms with Crippen LogP contribution in [0.5, 0.6) is 5.75 Å². The highest BCUT2D eigenvalue weighted by Crippen LogP contribution is 2.23. The van der Waals surface area contributed by atoms with E-state index >= 15 is 0 Å². The molecule has 1 saturated heterocycles. The average molecular weight is 302 g/mol. The Balaban J connectivity index is 1.85. The molecule has 6 nitrogen and oxygen atoms in total. The lowest BCUT2D eigenvalue weighted by Crippen LogP contribution is -2.46. The Labute approximate surface area is 128 Å². The molecule has 6 heteroatoms. The highest BCUT2D eigenvalue weighted by Gasteiger charge is 2.32. The van der Waals surface area contributed by atoms with Crippen molar-refractivity contribution in [2.75, 3.05) is 19.7 Å². The van der Waals surface area contributed by atoms with Crippen LogP contribution in [-0.2, 0) is 9.59 Å². The number of likely N-dealkylation sites (tertiary alicyclic amines) is 1. The third kappa shape index (κ3) is 3.76. The summed E-state index contributed by atoms with van der Waals surface area (Å²) < 4.78 is 5.41. The first-order chi connectivity index (χ1) is 10.5. The number of rotatable bonds is 4. The van der Waals surface area contributed by atoms with Gasteiger partial charge in [0, 0.05) is 13.1 Å². The molecule has 1 amide bonds. The Bertz CT molecular complexity index is 591. The predicted octanol–water partition coefficient (Wildman–Crippen LogP) is 1.51. The third-order valence-electron chi connectivity index (χ3n) is 3.92. The van der Waals surface area contributed by atoms with Gasteiger partial charge in [0.25, 0.3) is 5.91 Å². The fourth-order valence-corrected chi connectivity index (χ4v) is 2.60. The molecule has 0 saturated carbocycles. The van der Waals surface area contributed by atoms with E-state index in [1.54, 1.807) is 29.2 Å². The van der Waals surface area contributed by atoms with Gasteiger partial charge >= 0.3 is 5.97 Å². The largest absolute Gasteiger partial charge is 0.484 e. The molecule has 1 aliphatic rings. The van der Waals surface area contributed by atoms with Gasteiger partial charge in [0.05, 0.1) is 17.6 Å². The Hall–Kier alpha value is -2.55. The first-order valence-electron chi connectivity index (χ1n) is 7.15. The van der Waals surface area contributed by atoms with Crippen LogP contribution in [0.4, 0.5) is 0 Å². The van der Waals surface area contributed by atoms with Crippen molar-refractivity contribution >= 4 is 11.9 Å². The third-order valence-corrected chi connectivity index (χ3v) is 3.92. The van der Waals surface area contributed by atoms with E-state index < -0.39 is 5.97 Å². The molecular weight excluding hydrogens is 284 g/mol. The van der Waals surface area contributed by atoms with Gasteiger partial charge in [-0.15, -0.1) is 0 Å². The number of carboxylic acid groups (broad SMARTS) is 1. The number of benzene rings is 1. The fraction of sp³-hybridized carbons (Fsp3) is 0.438. The highest BCUT2D eigenvalue weighted by molar-refractivity contribution is 5.78. The van der Waals surface area contributed by atoms with Crippen molar-refractivity contribution in [3.63, 3.8) is 0 Å². The van der Waals surface area contributed by atoms with Crippen molar-refractivity contribution in [2.45, 2.75) is 13.3 Å². The second-order valence-corrected chi connectivity index (χ2v) is 5.48. The van der Waals surface area contributed by atoms with Crippen molar-refractivity contribution in [3.05, 3.63) is 29.8 Å². The van der Waals surface area contributed by atoms with Crippen LogP contribution in [0.15, 0.2) is 24.3 Å². The minimum absolute atomic E-state index is 0.0647. The lowest BCUT2D eigenvalue weighted by Gasteiger charge is -2.34. The van der Waals surface area contributed by atoms with Crippen LogP contribution in [0.3, 0.4) is 0 Å². The molecule has 2 rings (SSSR count). The number of nitrogens with zero attached hydrogens (tertiary/aromatic N) is 2. The summed E-state index contributed by atoms with van der Waals surface area (Å²) in [6.07, 6.45) is 0.471. The lowest BCUT2D eigenvalue weighted by atomic mass is 9.87. The number of hydrogen-bond donors (Lipinski definition) is 1. The second kappa shape index (κ2) is 6.94. The summed E-state index contributed by atoms with van der Waals surface area (Å²) in [5.41, 5.74) is 0.531. The van der Waals surface area contributed by atoms with Crippen molar-refractivity contribution in [3.8, 4) is 11.8 Å². The molecule has 1 heterocycles. The maximum absolute atomic E-state index is 12.1. The molecule has 1 fully saturated rings. The van der Waals surface area contributed by atoms with Crippen LogP contribution in [0.2, 0.25) is 0 Å². The first-order valence-corrected chi connectivity index (χ1v) is 7.15. The molecule has 1 aromatic rings. The van der Waals surface area contributed by atoms with Gasteiger partial charge in [-0.3, -0.25) is 9.59 Å². The van der Waals surface area contributed by atoms with Crippen LogP contribution in [-0.4, -0.2) is 41.6 Å². The van der Waals surface area contributed by atoms with Gasteiger partial charge in [-0.25, -0.2) is 0 Å². The summed E-state index contributed by atoms with van der Waals surface area (Å²) in [7, 11) is 0. The molecule has 2 atom stereocenters. The number of amides is 1. The molecule has 2 unspecified atom stereocenters. The van der Waals surface area contributed by atoms with E-state index in [0.717, 1.165) is 0 Å². The molecule has 0 radical (unpaired) electrons. The quantitative estimate of drug-likeness (QED) is 0.910. The molecule has 1 aromatic carbocycles. The van der Waals surface area contributed by atoms with Crippen molar-refractivity contribution in [1.82, 2.24) is 4.90 Å². The molecular formula is C16H18N2O4. The van der Waals surface area contributed by atoms with Gasteiger partial charge in [0.2, 0.25) is 0 Å². The summed E-state index contributed by atoms with van der Waals surface area (Å²) in [6, 6.07) is 8.55. The number of ether oxygens (including phenoxy) is 1. The molecule has 0 bridgehead atoms. The van der Waals surface area contributed by atoms with E-state index in [2.05, 4.69) is 0 Å². The van der Waals surface area contributed by atoms with Crippen LogP contribution in [0, 0.1) is 23.2 Å². The maximum atomic E-state index is 12.1. The molecule has 22 heavy (non-hydrogen) atoms. The minimum Gasteiger partial charge on any atom is -0.484 e. The summed E-state index contributed by atoms with van der Waals surface area (Å²) in [4.78, 5) is 24.8. The Morgan fingerprint density at radius 1 is 1.41 bits per heavy atom. The monoisotopic (exact) mass is 302 g/mol. The van der Waals surface area contributed by atoms with Crippen LogP contribution >= 0.6 is 0 Å². The Morgan fingerprint density at radius 2 is 2.09 bits per heavy atom. The zero-order valence-corrected chi connectivity index (χ0v) is 12.4. The number of carbonyl (C=O) groups excluding carboxylic acids is 1. The average Bonchev–Trinajstić information content (AvgIpc) is 2.52. The summed E-state index contributed by atoms with van der Waals surface area (Å²) in [6.45, 7) is 2.64. The molecule has 1 N–H and O–H groups in total. The van der Waals surface area contributed by atoms with E-state index in [1.807, 2.05) is 13.0 Å². The smallest absolute Gasteiger partial charge is 0.306 e. The number of aliphatic carboxylic acids is 1. The Morgan fingerprint density at radius 3 is 2.64 bits per heavy atom. The number of carboxylic acids is 1. The van der Waals surface area contributed by atoms with Crippen molar-refractivity contribution < 1.29 is 19.4 Å². The van der Waals surface area contributed by atoms with Crippen LogP contribution in [0.25, 0.3) is 0 Å². The highest BCUT2D eigenvalue weighted by atomic mass is 16.5. The SMILES string of the molecule is CC1CN(C(=O)COc2ccc(C#N)cc2)CCC1C(=O)O. The first kappa shape index (κ1) is 15.8. The summed E-state index contributed by atoms with van der Waals surface area (Å²) >= 11 is 0. The zero-order valence-electron chi connectivity index (χ0n) is 12.4. The van der Waals surface area contributed by atoms with Crippen LogP contribution in [0.1, 0.15) is 18.9 Å². The van der Waals surface area contributed by atoms with E-state index in [-0.39, 0.29) is 24.3 Å². The molecule has 0 spiro atoms. The second-order valence-electron chi connectivity index (χ2n) is 5.48. The number of piperidine rings is 1. The number of nitriles is 1. The summed E-state index contributed by atoms with van der Waals surface area (Å²) in [5, 5.41) is 17.8.